The van der Waals surface area contributed by atoms with Gasteiger partial charge in [-0.05, 0) is 24.6 Å². The lowest BCUT2D eigenvalue weighted by molar-refractivity contribution is 0.942. The summed E-state index contributed by atoms with van der Waals surface area (Å²) in [6.45, 7) is 1.95. The number of nitrogens with zero attached hydrogens (tertiary/aromatic N) is 2. The number of hydrogen-bond donors (Lipinski definition) is 2. The highest BCUT2D eigenvalue weighted by Gasteiger charge is 2.02. The molecule has 14 heavy (non-hydrogen) atoms. The van der Waals surface area contributed by atoms with E-state index in [1.165, 1.54) is 0 Å². The molecule has 1 aromatic heterocycles. The van der Waals surface area contributed by atoms with Gasteiger partial charge < -0.3 is 5.32 Å². The van der Waals surface area contributed by atoms with Gasteiger partial charge in [0.25, 0.3) is 0 Å². The summed E-state index contributed by atoms with van der Waals surface area (Å²) in [6, 6.07) is 5.68. The zero-order chi connectivity index (χ0) is 9.97. The second kappa shape index (κ2) is 3.67. The molecule has 72 valence electrons. The van der Waals surface area contributed by atoms with Gasteiger partial charge in [0, 0.05) is 10.7 Å². The lowest BCUT2D eigenvalue weighted by Crippen LogP contribution is -1.93. The zero-order valence-corrected chi connectivity index (χ0v) is 8.34. The first-order valence-electron chi connectivity index (χ1n) is 4.15. The number of halogens is 1. The van der Waals surface area contributed by atoms with Crippen LogP contribution >= 0.6 is 11.6 Å². The van der Waals surface area contributed by atoms with Gasteiger partial charge in [-0.3, -0.25) is 0 Å². The van der Waals surface area contributed by atoms with Crippen LogP contribution in [0.5, 0.6) is 0 Å². The van der Waals surface area contributed by atoms with Gasteiger partial charge in [-0.25, -0.2) is 0 Å². The summed E-state index contributed by atoms with van der Waals surface area (Å²) in [5, 5.41) is 14.0. The number of rotatable bonds is 2. The van der Waals surface area contributed by atoms with Crippen LogP contribution in [0.1, 0.15) is 5.56 Å². The maximum atomic E-state index is 5.97. The molecule has 0 radical (unpaired) electrons. The number of hydrogen-bond acceptors (Lipinski definition) is 3. The molecule has 0 unspecified atom stereocenters. The van der Waals surface area contributed by atoms with Crippen molar-refractivity contribution in [1.29, 1.82) is 0 Å². The number of aromatic amines is 1. The topological polar surface area (TPSA) is 53.6 Å². The molecule has 2 rings (SSSR count). The summed E-state index contributed by atoms with van der Waals surface area (Å²) >= 11 is 5.97. The Labute approximate surface area is 86.3 Å². The van der Waals surface area contributed by atoms with Crippen LogP contribution in [0.3, 0.4) is 0 Å². The van der Waals surface area contributed by atoms with Crippen molar-refractivity contribution in [2.75, 3.05) is 5.32 Å². The first kappa shape index (κ1) is 9.02. The molecule has 5 heteroatoms. The zero-order valence-electron chi connectivity index (χ0n) is 7.58. The van der Waals surface area contributed by atoms with Gasteiger partial charge in [0.05, 0.1) is 6.20 Å². The largest absolute Gasteiger partial charge is 0.337 e. The van der Waals surface area contributed by atoms with Gasteiger partial charge >= 0.3 is 0 Å². The monoisotopic (exact) mass is 208 g/mol. The summed E-state index contributed by atoms with van der Waals surface area (Å²) in [4.78, 5) is 0. The van der Waals surface area contributed by atoms with Crippen molar-refractivity contribution in [3.63, 3.8) is 0 Å². The average Bonchev–Trinajstić information content (AvgIpc) is 2.66. The summed E-state index contributed by atoms with van der Waals surface area (Å²) in [7, 11) is 0. The van der Waals surface area contributed by atoms with Crippen LogP contribution < -0.4 is 5.32 Å². The van der Waals surface area contributed by atoms with Gasteiger partial charge in [-0.15, -0.1) is 5.10 Å². The van der Waals surface area contributed by atoms with Crippen molar-refractivity contribution >= 4 is 23.1 Å². The Morgan fingerprint density at radius 2 is 2.29 bits per heavy atom. The molecular formula is C9H9ClN4. The van der Waals surface area contributed by atoms with Gasteiger partial charge in [0.2, 0.25) is 0 Å². The van der Waals surface area contributed by atoms with Gasteiger partial charge in [-0.1, -0.05) is 17.7 Å². The van der Waals surface area contributed by atoms with Crippen LogP contribution in [-0.2, 0) is 0 Å². The molecule has 1 aromatic carbocycles. The first-order valence-corrected chi connectivity index (χ1v) is 4.53. The van der Waals surface area contributed by atoms with Crippen molar-refractivity contribution in [2.45, 2.75) is 6.92 Å². The van der Waals surface area contributed by atoms with Crippen LogP contribution in [-0.4, -0.2) is 15.4 Å². The Balaban J connectivity index is 2.29. The highest BCUT2D eigenvalue weighted by atomic mass is 35.5. The van der Waals surface area contributed by atoms with Crippen LogP contribution in [0.4, 0.5) is 11.5 Å². The number of nitrogens with one attached hydrogen (secondary N) is 2. The molecule has 0 atom stereocenters. The lowest BCUT2D eigenvalue weighted by atomic mass is 10.2. The highest BCUT2D eigenvalue weighted by Crippen LogP contribution is 2.24. The van der Waals surface area contributed by atoms with E-state index in [-0.39, 0.29) is 0 Å². The van der Waals surface area contributed by atoms with Crippen LogP contribution in [0.2, 0.25) is 5.02 Å². The van der Waals surface area contributed by atoms with E-state index < -0.39 is 0 Å². The van der Waals surface area contributed by atoms with Gasteiger partial charge in [-0.2, -0.15) is 10.3 Å². The molecule has 0 saturated heterocycles. The lowest BCUT2D eigenvalue weighted by Gasteiger charge is -2.07. The van der Waals surface area contributed by atoms with E-state index in [2.05, 4.69) is 20.7 Å². The first-order chi connectivity index (χ1) is 6.77. The second-order valence-corrected chi connectivity index (χ2v) is 3.30. The summed E-state index contributed by atoms with van der Waals surface area (Å²) in [5.41, 5.74) is 1.93. The quantitative estimate of drug-likeness (QED) is 0.798. The van der Waals surface area contributed by atoms with E-state index in [1.807, 2.05) is 25.1 Å². The molecule has 0 amide bonds. The Morgan fingerprint density at radius 3 is 3.00 bits per heavy atom. The number of benzene rings is 1. The third-order valence-corrected chi connectivity index (χ3v) is 2.35. The van der Waals surface area contributed by atoms with E-state index in [1.54, 1.807) is 6.20 Å². The summed E-state index contributed by atoms with van der Waals surface area (Å²) in [5.74, 6) is 0.676. The van der Waals surface area contributed by atoms with Crippen molar-refractivity contribution in [3.05, 3.63) is 35.0 Å². The molecule has 0 aliphatic carbocycles. The van der Waals surface area contributed by atoms with E-state index in [0.717, 1.165) is 16.3 Å². The number of aromatic nitrogens is 3. The Hall–Kier alpha value is -1.55. The Bertz CT molecular complexity index is 424. The molecule has 2 N–H and O–H groups in total. The maximum Gasteiger partial charge on any atom is 0.172 e. The van der Waals surface area contributed by atoms with Gasteiger partial charge in [0.1, 0.15) is 0 Å². The normalized spacial score (nSPS) is 10.1. The van der Waals surface area contributed by atoms with Crippen molar-refractivity contribution in [2.24, 2.45) is 0 Å². The minimum atomic E-state index is 0.676. The molecule has 0 aliphatic rings. The maximum absolute atomic E-state index is 5.97. The summed E-state index contributed by atoms with van der Waals surface area (Å²) < 4.78 is 0. The molecule has 0 fully saturated rings. The van der Waals surface area contributed by atoms with E-state index in [0.29, 0.717) is 5.82 Å². The van der Waals surface area contributed by atoms with E-state index in [9.17, 15) is 0 Å². The van der Waals surface area contributed by atoms with E-state index in [4.69, 9.17) is 11.6 Å². The van der Waals surface area contributed by atoms with Crippen LogP contribution in [0.15, 0.2) is 24.4 Å². The second-order valence-electron chi connectivity index (χ2n) is 2.89. The standard InChI is InChI=1S/C9H9ClN4/c1-6-7(10)3-2-4-8(6)12-9-5-11-14-13-9/h2-5H,1H3,(H2,11,12,13,14). The van der Waals surface area contributed by atoms with Crippen molar-refractivity contribution < 1.29 is 0 Å². The number of H-pyrrole nitrogens is 1. The molecule has 1 heterocycles. The van der Waals surface area contributed by atoms with Crippen molar-refractivity contribution in [1.82, 2.24) is 15.4 Å². The molecule has 0 saturated carbocycles. The third kappa shape index (κ3) is 1.70. The Kier molecular flexibility index (Phi) is 2.37. The van der Waals surface area contributed by atoms with Crippen LogP contribution in [0.25, 0.3) is 0 Å². The molecule has 0 spiro atoms. The molecule has 2 aromatic rings. The minimum Gasteiger partial charge on any atom is -0.337 e. The molecule has 0 aliphatic heterocycles. The predicted molar refractivity (Wildman–Crippen MR) is 55.9 cm³/mol. The van der Waals surface area contributed by atoms with Crippen molar-refractivity contribution in [3.8, 4) is 0 Å². The highest BCUT2D eigenvalue weighted by molar-refractivity contribution is 6.31. The smallest absolute Gasteiger partial charge is 0.172 e. The van der Waals surface area contributed by atoms with Crippen LogP contribution in [0, 0.1) is 6.92 Å². The number of anilines is 2. The molecule has 4 nitrogen and oxygen atoms in total. The minimum absolute atomic E-state index is 0.676. The fourth-order valence-electron chi connectivity index (χ4n) is 1.14. The molecule has 0 bridgehead atoms. The fraction of sp³-hybridized carbons (Fsp3) is 0.111. The summed E-state index contributed by atoms with van der Waals surface area (Å²) in [6.07, 6.45) is 1.61. The predicted octanol–water partition coefficient (Wildman–Crippen LogP) is 2.51. The average molecular weight is 209 g/mol. The van der Waals surface area contributed by atoms with E-state index >= 15 is 0 Å². The van der Waals surface area contributed by atoms with Gasteiger partial charge in [0.15, 0.2) is 5.82 Å². The fourth-order valence-corrected chi connectivity index (χ4v) is 1.32. The molecular weight excluding hydrogens is 200 g/mol. The SMILES string of the molecule is Cc1c(Cl)cccc1Nc1cn[nH]n1. The third-order valence-electron chi connectivity index (χ3n) is 1.95. The Morgan fingerprint density at radius 1 is 1.43 bits per heavy atom.